The van der Waals surface area contributed by atoms with Crippen LogP contribution in [0.1, 0.15) is 18.9 Å². The van der Waals surface area contributed by atoms with Crippen LogP contribution >= 0.6 is 15.9 Å². The van der Waals surface area contributed by atoms with E-state index >= 15 is 0 Å². The Morgan fingerprint density at radius 3 is 2.46 bits per heavy atom. The molecule has 2 aliphatic carbocycles. The van der Waals surface area contributed by atoms with Gasteiger partial charge in [-0.2, -0.15) is 15.4 Å². The molecule has 2 amide bonds. The third kappa shape index (κ3) is 3.00. The van der Waals surface area contributed by atoms with Crippen LogP contribution in [0.25, 0.3) is 0 Å². The second-order valence-electron chi connectivity index (χ2n) is 6.93. The molecule has 1 saturated carbocycles. The van der Waals surface area contributed by atoms with Gasteiger partial charge in [-0.25, -0.2) is 0 Å². The maximum absolute atomic E-state index is 12.7. The highest BCUT2D eigenvalue weighted by Gasteiger charge is 2.59. The fourth-order valence-electron chi connectivity index (χ4n) is 4.26. The summed E-state index contributed by atoms with van der Waals surface area (Å²) in [4.78, 5) is 25.4. The van der Waals surface area contributed by atoms with E-state index in [0.717, 1.165) is 11.4 Å². The molecular weight excluding hydrogens is 426 g/mol. The number of hydrazone groups is 1. The van der Waals surface area contributed by atoms with Crippen molar-refractivity contribution in [2.24, 2.45) is 28.8 Å². The highest BCUT2D eigenvalue weighted by Crippen LogP contribution is 2.52. The van der Waals surface area contributed by atoms with Crippen LogP contribution in [0, 0.1) is 35.0 Å². The molecule has 1 heterocycles. The number of hydrogen-bond acceptors (Lipinski definition) is 6. The van der Waals surface area contributed by atoms with Crippen molar-refractivity contribution in [1.29, 1.82) is 5.26 Å². The van der Waals surface area contributed by atoms with E-state index in [2.05, 4.69) is 33.2 Å². The van der Waals surface area contributed by atoms with E-state index in [-0.39, 0.29) is 42.1 Å². The number of carbonyl (C=O) groups excluding carboxylic acids is 2. The standard InChI is InChI=1S/C20H18BrN3O4/c1-2-27-15-8-13(14(21)9-16(15)28-6-5-22)10-23-24-19(25)17-11-3-4-12(7-11)18(17)20(24)26/h3-4,8-12,17-18H,2,6-7H2,1H3. The Hall–Kier alpha value is -2.66. The number of allylic oxidation sites excluding steroid dienone is 2. The molecule has 0 radical (unpaired) electrons. The van der Waals surface area contributed by atoms with Gasteiger partial charge in [-0.15, -0.1) is 0 Å². The number of hydrogen-bond donors (Lipinski definition) is 0. The minimum Gasteiger partial charge on any atom is -0.490 e. The van der Waals surface area contributed by atoms with Gasteiger partial charge < -0.3 is 9.47 Å². The van der Waals surface area contributed by atoms with Gasteiger partial charge in [-0.1, -0.05) is 12.2 Å². The van der Waals surface area contributed by atoms with E-state index < -0.39 is 0 Å². The first-order chi connectivity index (χ1) is 13.5. The lowest BCUT2D eigenvalue weighted by Crippen LogP contribution is -2.28. The number of rotatable bonds is 6. The molecule has 28 heavy (non-hydrogen) atoms. The predicted octanol–water partition coefficient (Wildman–Crippen LogP) is 2.89. The summed E-state index contributed by atoms with van der Waals surface area (Å²) in [6.45, 7) is 2.16. The van der Waals surface area contributed by atoms with Crippen molar-refractivity contribution in [1.82, 2.24) is 5.01 Å². The van der Waals surface area contributed by atoms with Crippen LogP contribution in [0.3, 0.4) is 0 Å². The Kier molecular flexibility index (Phi) is 4.94. The molecule has 1 aromatic rings. The predicted molar refractivity (Wildman–Crippen MR) is 104 cm³/mol. The molecule has 144 valence electrons. The van der Waals surface area contributed by atoms with Crippen LogP contribution < -0.4 is 9.47 Å². The summed E-state index contributed by atoms with van der Waals surface area (Å²) >= 11 is 3.43. The molecular formula is C20H18BrN3O4. The second-order valence-corrected chi connectivity index (χ2v) is 7.79. The van der Waals surface area contributed by atoms with Crippen molar-refractivity contribution in [2.75, 3.05) is 13.2 Å². The number of amides is 2. The summed E-state index contributed by atoms with van der Waals surface area (Å²) in [5, 5.41) is 13.9. The molecule has 0 aromatic heterocycles. The van der Waals surface area contributed by atoms with Crippen molar-refractivity contribution < 1.29 is 19.1 Å². The molecule has 2 bridgehead atoms. The number of nitriles is 1. The van der Waals surface area contributed by atoms with Gasteiger partial charge in [0.15, 0.2) is 18.1 Å². The van der Waals surface area contributed by atoms with Gasteiger partial charge in [-0.05, 0) is 53.2 Å². The molecule has 1 aliphatic heterocycles. The SMILES string of the molecule is CCOc1cc(C=NN2C(=O)C3C4C=CC(C4)C3C2=O)c(Br)cc1OCC#N. The first kappa shape index (κ1) is 18.7. The van der Waals surface area contributed by atoms with Crippen LogP contribution in [0.4, 0.5) is 0 Å². The minimum atomic E-state index is -0.274. The van der Waals surface area contributed by atoms with E-state index in [1.54, 1.807) is 12.1 Å². The van der Waals surface area contributed by atoms with Gasteiger partial charge in [0.05, 0.1) is 24.7 Å². The molecule has 4 rings (SSSR count). The normalized spacial score (nSPS) is 27.5. The topological polar surface area (TPSA) is 92.0 Å². The van der Waals surface area contributed by atoms with Crippen molar-refractivity contribution >= 4 is 34.0 Å². The van der Waals surface area contributed by atoms with E-state index in [1.165, 1.54) is 6.21 Å². The van der Waals surface area contributed by atoms with Crippen LogP contribution in [0.2, 0.25) is 0 Å². The maximum atomic E-state index is 12.7. The maximum Gasteiger partial charge on any atom is 0.254 e. The highest BCUT2D eigenvalue weighted by atomic mass is 79.9. The van der Waals surface area contributed by atoms with Crippen LogP contribution in [0.5, 0.6) is 11.5 Å². The number of ether oxygens (including phenoxy) is 2. The van der Waals surface area contributed by atoms with Crippen molar-refractivity contribution in [3.05, 3.63) is 34.3 Å². The molecule has 4 unspecified atom stereocenters. The summed E-state index contributed by atoms with van der Waals surface area (Å²) in [6, 6.07) is 5.29. The number of benzene rings is 1. The number of carbonyl (C=O) groups is 2. The first-order valence-corrected chi connectivity index (χ1v) is 9.90. The van der Waals surface area contributed by atoms with E-state index in [1.807, 2.05) is 13.0 Å². The fourth-order valence-corrected chi connectivity index (χ4v) is 4.69. The zero-order valence-corrected chi connectivity index (χ0v) is 16.8. The Morgan fingerprint density at radius 1 is 1.21 bits per heavy atom. The smallest absolute Gasteiger partial charge is 0.254 e. The Balaban J connectivity index is 1.58. The monoisotopic (exact) mass is 443 g/mol. The lowest BCUT2D eigenvalue weighted by Gasteiger charge is -2.13. The molecule has 0 N–H and O–H groups in total. The Morgan fingerprint density at radius 2 is 1.86 bits per heavy atom. The molecule has 8 heteroatoms. The van der Waals surface area contributed by atoms with Crippen LogP contribution in [0.15, 0.2) is 33.9 Å². The average Bonchev–Trinajstić information content (AvgIpc) is 3.35. The number of nitrogens with zero attached hydrogens (tertiary/aromatic N) is 3. The number of fused-ring (bicyclic) bond motifs is 5. The van der Waals surface area contributed by atoms with Crippen LogP contribution in [-0.2, 0) is 9.59 Å². The summed E-state index contributed by atoms with van der Waals surface area (Å²) in [5.41, 5.74) is 0.631. The quantitative estimate of drug-likeness (QED) is 0.382. The summed E-state index contributed by atoms with van der Waals surface area (Å²) < 4.78 is 11.6. The number of halogens is 1. The van der Waals surface area contributed by atoms with Crippen molar-refractivity contribution in [3.63, 3.8) is 0 Å². The number of imide groups is 1. The molecule has 2 fully saturated rings. The molecule has 4 atom stereocenters. The Bertz CT molecular complexity index is 906. The largest absolute Gasteiger partial charge is 0.490 e. The lowest BCUT2D eigenvalue weighted by atomic mass is 9.85. The van der Waals surface area contributed by atoms with Gasteiger partial charge in [0.1, 0.15) is 6.07 Å². The van der Waals surface area contributed by atoms with E-state index in [9.17, 15) is 9.59 Å². The van der Waals surface area contributed by atoms with Crippen molar-refractivity contribution in [3.8, 4) is 17.6 Å². The molecule has 0 spiro atoms. The van der Waals surface area contributed by atoms with Crippen LogP contribution in [-0.4, -0.2) is 36.3 Å². The van der Waals surface area contributed by atoms with Gasteiger partial charge in [0.2, 0.25) is 0 Å². The fraction of sp³-hybridized carbons (Fsp3) is 0.400. The van der Waals surface area contributed by atoms with Gasteiger partial charge in [0.25, 0.3) is 11.8 Å². The zero-order valence-electron chi connectivity index (χ0n) is 15.2. The molecule has 3 aliphatic rings. The highest BCUT2D eigenvalue weighted by molar-refractivity contribution is 9.10. The van der Waals surface area contributed by atoms with E-state index in [0.29, 0.717) is 28.1 Å². The minimum absolute atomic E-state index is 0.101. The molecule has 7 nitrogen and oxygen atoms in total. The molecule has 1 aromatic carbocycles. The lowest BCUT2D eigenvalue weighted by molar-refractivity contribution is -0.140. The van der Waals surface area contributed by atoms with E-state index in [4.69, 9.17) is 14.7 Å². The summed E-state index contributed by atoms with van der Waals surface area (Å²) in [5.74, 6) is 0.196. The third-order valence-corrected chi connectivity index (χ3v) is 6.10. The zero-order chi connectivity index (χ0) is 19.8. The average molecular weight is 444 g/mol. The first-order valence-electron chi connectivity index (χ1n) is 9.11. The van der Waals surface area contributed by atoms with Gasteiger partial charge >= 0.3 is 0 Å². The third-order valence-electron chi connectivity index (χ3n) is 5.41. The summed E-state index contributed by atoms with van der Waals surface area (Å²) in [6.07, 6.45) is 6.45. The second kappa shape index (κ2) is 7.40. The van der Waals surface area contributed by atoms with Gasteiger partial charge in [-0.3, -0.25) is 9.59 Å². The van der Waals surface area contributed by atoms with Crippen molar-refractivity contribution in [2.45, 2.75) is 13.3 Å². The summed E-state index contributed by atoms with van der Waals surface area (Å²) in [7, 11) is 0. The molecule has 1 saturated heterocycles. The Labute approximate surface area is 170 Å². The van der Waals surface area contributed by atoms with Gasteiger partial charge in [0, 0.05) is 10.0 Å².